The minimum Gasteiger partial charge on any atom is -0.491 e. The van der Waals surface area contributed by atoms with E-state index in [1.165, 1.54) is 24.3 Å². The van der Waals surface area contributed by atoms with Crippen LogP contribution in [0, 0.1) is 12.3 Å². The third-order valence-corrected chi connectivity index (χ3v) is 10.6. The molecule has 3 aromatic carbocycles. The number of anilines is 1. The fraction of sp³-hybridized carbons (Fsp3) is 0.237. The number of benzene rings is 4. The van der Waals surface area contributed by atoms with Gasteiger partial charge in [0.15, 0.2) is 27.0 Å². The number of hydrogen-bond donors (Lipinski definition) is 6. The molecule has 0 fully saturated rings. The van der Waals surface area contributed by atoms with Crippen molar-refractivity contribution in [2.45, 2.75) is 16.7 Å². The monoisotopic (exact) mass is 879 g/mol. The summed E-state index contributed by atoms with van der Waals surface area (Å²) in [4.78, 5) is 23.7. The number of nitrogens with one attached hydrogen (secondary N) is 2. The molecule has 21 nitrogen and oxygen atoms in total. The molecule has 2 aliphatic rings. The Balaban J connectivity index is 1.01. The number of carbonyl (C=O) groups is 2. The van der Waals surface area contributed by atoms with Gasteiger partial charge in [-0.25, -0.2) is 4.79 Å². The Morgan fingerprint density at radius 3 is 2.00 bits per heavy atom. The van der Waals surface area contributed by atoms with Gasteiger partial charge in [0, 0.05) is 34.2 Å². The van der Waals surface area contributed by atoms with Crippen molar-refractivity contribution < 1.29 is 64.0 Å². The number of fused-ring (bicyclic) bond motifs is 2. The summed E-state index contributed by atoms with van der Waals surface area (Å²) in [7, 11) is -10.3. The number of nitrogen functional groups attached to an aromatic ring is 1. The largest absolute Gasteiger partial charge is 0.491 e. The summed E-state index contributed by atoms with van der Waals surface area (Å²) >= 11 is 0. The van der Waals surface area contributed by atoms with E-state index in [4.69, 9.17) is 34.5 Å². The Morgan fingerprint density at radius 1 is 0.770 bits per heavy atom. The number of ether oxygens (including phenoxy) is 4. The second-order valence-corrected chi connectivity index (χ2v) is 15.6. The maximum atomic E-state index is 13.1. The maximum Gasteiger partial charge on any atom is 0.336 e. The fourth-order valence-corrected chi connectivity index (χ4v) is 7.55. The molecule has 61 heavy (non-hydrogen) atoms. The van der Waals surface area contributed by atoms with Crippen LogP contribution in [0.1, 0.15) is 26.5 Å². The van der Waals surface area contributed by atoms with Gasteiger partial charge in [-0.15, -0.1) is 20.4 Å². The van der Waals surface area contributed by atoms with E-state index in [1.54, 1.807) is 31.2 Å². The maximum absolute atomic E-state index is 13.1. The van der Waals surface area contributed by atoms with Crippen LogP contribution in [0.4, 0.5) is 5.69 Å². The van der Waals surface area contributed by atoms with Crippen LogP contribution in [0.5, 0.6) is 5.75 Å². The third kappa shape index (κ3) is 10.5. The quantitative estimate of drug-likeness (QED) is 0.0295. The first-order chi connectivity index (χ1) is 29.0. The van der Waals surface area contributed by atoms with E-state index in [-0.39, 0.29) is 54.0 Å². The number of aromatic nitrogens is 4. The molecule has 0 saturated heterocycles. The van der Waals surface area contributed by atoms with Crippen LogP contribution in [0.15, 0.2) is 80.9 Å². The molecule has 1 aliphatic carbocycles. The van der Waals surface area contributed by atoms with Crippen molar-refractivity contribution in [3.8, 4) is 39.6 Å². The van der Waals surface area contributed by atoms with Crippen LogP contribution in [0.2, 0.25) is 0 Å². The predicted molar refractivity (Wildman–Crippen MR) is 213 cm³/mol. The molecule has 0 saturated carbocycles. The van der Waals surface area contributed by atoms with Gasteiger partial charge in [0.2, 0.25) is 5.82 Å². The van der Waals surface area contributed by atoms with Crippen LogP contribution in [-0.4, -0.2) is 116 Å². The van der Waals surface area contributed by atoms with Crippen LogP contribution in [-0.2, 0) is 34.4 Å². The second-order valence-electron chi connectivity index (χ2n) is 12.9. The first kappa shape index (κ1) is 44.1. The zero-order valence-electron chi connectivity index (χ0n) is 32.0. The van der Waals surface area contributed by atoms with Gasteiger partial charge in [-0.1, -0.05) is 6.07 Å². The number of hydrogen-bond acceptors (Lipinski definition) is 17. The molecule has 2 heterocycles. The van der Waals surface area contributed by atoms with Crippen LogP contribution < -0.4 is 21.1 Å². The predicted octanol–water partition coefficient (Wildman–Crippen LogP) is 2.87. The van der Waals surface area contributed by atoms with Gasteiger partial charge in [-0.2, -0.15) is 16.8 Å². The summed E-state index contributed by atoms with van der Waals surface area (Å²) in [5.74, 6) is -1.37. The van der Waals surface area contributed by atoms with E-state index in [2.05, 4.69) is 25.7 Å². The van der Waals surface area contributed by atoms with Crippen LogP contribution in [0.3, 0.4) is 0 Å². The number of aryl methyl sites for hydroxylation is 1. The van der Waals surface area contributed by atoms with E-state index in [0.717, 1.165) is 23.8 Å². The highest BCUT2D eigenvalue weighted by atomic mass is 32.2. The number of carboxylic acid groups (broad SMARTS) is 1. The van der Waals surface area contributed by atoms with E-state index in [0.29, 0.717) is 43.8 Å². The minimum atomic E-state index is -5.19. The van der Waals surface area contributed by atoms with E-state index < -0.39 is 69.9 Å². The second kappa shape index (κ2) is 18.8. The number of amides is 1. The number of aromatic carboxylic acids is 1. The van der Waals surface area contributed by atoms with Gasteiger partial charge < -0.3 is 39.5 Å². The Hall–Kier alpha value is -6.47. The average Bonchev–Trinajstić information content (AvgIpc) is 3.20. The molecule has 6 rings (SSSR count). The van der Waals surface area contributed by atoms with Crippen molar-refractivity contribution in [3.05, 3.63) is 89.0 Å². The van der Waals surface area contributed by atoms with Crippen molar-refractivity contribution in [1.82, 2.24) is 25.7 Å². The highest BCUT2D eigenvalue weighted by Gasteiger charge is 2.32. The lowest BCUT2D eigenvalue weighted by atomic mass is 9.89. The molecule has 1 aliphatic heterocycles. The molecule has 0 atom stereocenters. The van der Waals surface area contributed by atoms with Crippen molar-refractivity contribution >= 4 is 48.8 Å². The Bertz CT molecular complexity index is 2840. The highest BCUT2D eigenvalue weighted by Crippen LogP contribution is 2.45. The van der Waals surface area contributed by atoms with Crippen molar-refractivity contribution in [3.63, 3.8) is 0 Å². The molecule has 0 spiro atoms. The third-order valence-electron chi connectivity index (χ3n) is 8.76. The minimum absolute atomic E-state index is 0.0478. The summed E-state index contributed by atoms with van der Waals surface area (Å²) in [5.41, 5.74) is 4.43. The number of carbonyl (C=O) groups excluding carboxylic acids is 1. The van der Waals surface area contributed by atoms with E-state index in [9.17, 15) is 40.6 Å². The normalized spacial score (nSPS) is 11.9. The topological polar surface area (TPSA) is 327 Å². The SMILES string of the molecule is Cc1nnc(-c2ccc(OCCOCCOCCOCCNC(=O)c3ccc(-c4c5ccc(=N)c(S(=O)(=O)O)c-5oc5c(S(=O)(=O)O)c(N)ccc45)c(C(=O)O)c3)cc2)nn1. The molecule has 0 unspecified atom stereocenters. The highest BCUT2D eigenvalue weighted by molar-refractivity contribution is 7.86. The number of nitrogens with zero attached hydrogens (tertiary/aromatic N) is 4. The summed E-state index contributed by atoms with van der Waals surface area (Å²) in [6, 6.07) is 15.3. The first-order valence-electron chi connectivity index (χ1n) is 18.0. The molecule has 1 amide bonds. The smallest absolute Gasteiger partial charge is 0.336 e. The standard InChI is InChI=1S/C38H37N7O14S2/c1-21-42-44-36(45-43-21)22-2-5-24(6-3-22)58-19-18-57-17-16-56-15-14-55-13-12-41-37(46)23-4-7-25(28(20-23)38(47)48)31-26-8-10-29(39)34(60(49,50)51)32(26)59-33-27(31)9-11-30(40)35(33)61(52,53)54/h2-11,20,39H,12-19,40H2,1H3,(H,41,46)(H,47,48)(H,49,50,51)(H,52,53,54). The van der Waals surface area contributed by atoms with Crippen molar-refractivity contribution in [2.24, 2.45) is 0 Å². The van der Waals surface area contributed by atoms with Crippen molar-refractivity contribution in [1.29, 1.82) is 5.41 Å². The summed E-state index contributed by atoms with van der Waals surface area (Å²) in [5, 5.41) is 35.9. The zero-order valence-corrected chi connectivity index (χ0v) is 33.7. The van der Waals surface area contributed by atoms with Gasteiger partial charge in [0.1, 0.15) is 12.4 Å². The van der Waals surface area contributed by atoms with Crippen LogP contribution in [0.25, 0.3) is 44.8 Å². The van der Waals surface area contributed by atoms with Gasteiger partial charge in [0.05, 0.1) is 56.2 Å². The lowest BCUT2D eigenvalue weighted by molar-refractivity contribution is 0.00988. The summed E-state index contributed by atoms with van der Waals surface area (Å²) in [6.45, 7) is 3.60. The average molecular weight is 880 g/mol. The molecule has 0 radical (unpaired) electrons. The molecule has 7 N–H and O–H groups in total. The Labute approximate surface area is 346 Å². The van der Waals surface area contributed by atoms with Gasteiger partial charge in [-0.3, -0.25) is 19.3 Å². The summed E-state index contributed by atoms with van der Waals surface area (Å²) < 4.78 is 97.6. The molecule has 1 aromatic heterocycles. The first-order valence-corrected chi connectivity index (χ1v) is 20.9. The molecule has 320 valence electrons. The van der Waals surface area contributed by atoms with Crippen molar-refractivity contribution in [2.75, 3.05) is 58.5 Å². The molecule has 23 heteroatoms. The fourth-order valence-electron chi connectivity index (χ4n) is 6.07. The molecule has 0 bridgehead atoms. The number of nitrogens with two attached hydrogens (primary N) is 1. The molecule has 4 aromatic rings. The number of rotatable bonds is 19. The van der Waals surface area contributed by atoms with E-state index >= 15 is 0 Å². The lowest BCUT2D eigenvalue weighted by Gasteiger charge is -2.20. The zero-order chi connectivity index (χ0) is 43.9. The molecular weight excluding hydrogens is 843 g/mol. The van der Waals surface area contributed by atoms with E-state index in [1.807, 2.05) is 0 Å². The molecular formula is C38H37N7O14S2. The summed E-state index contributed by atoms with van der Waals surface area (Å²) in [6.07, 6.45) is 0. The lowest BCUT2D eigenvalue weighted by Crippen LogP contribution is -2.28. The van der Waals surface area contributed by atoms with Gasteiger partial charge >= 0.3 is 5.97 Å². The van der Waals surface area contributed by atoms with Crippen LogP contribution >= 0.6 is 0 Å². The van der Waals surface area contributed by atoms with Gasteiger partial charge in [0.25, 0.3) is 26.1 Å². The number of carboxylic acids is 1. The Morgan fingerprint density at radius 2 is 1.38 bits per heavy atom. The van der Waals surface area contributed by atoms with Gasteiger partial charge in [-0.05, 0) is 73.2 Å². The Kier molecular flexibility index (Phi) is 13.6.